The third-order valence-electron chi connectivity index (χ3n) is 2.38. The van der Waals surface area contributed by atoms with Gasteiger partial charge in [-0.25, -0.2) is 0 Å². The van der Waals surface area contributed by atoms with Crippen molar-refractivity contribution in [1.82, 2.24) is 0 Å². The zero-order valence-corrected chi connectivity index (χ0v) is 9.93. The number of esters is 2. The second-order valence-electron chi connectivity index (χ2n) is 3.50. The predicted molar refractivity (Wildman–Crippen MR) is 55.3 cm³/mol. The minimum Gasteiger partial charge on any atom is -0.465 e. The van der Waals surface area contributed by atoms with Crippen molar-refractivity contribution in [3.63, 3.8) is 0 Å². The van der Waals surface area contributed by atoms with Gasteiger partial charge in [0.05, 0.1) is 13.2 Å². The molecule has 0 radical (unpaired) electrons. The summed E-state index contributed by atoms with van der Waals surface area (Å²) in [6, 6.07) is 0. The lowest BCUT2D eigenvalue weighted by molar-refractivity contribution is -0.154. The van der Waals surface area contributed by atoms with Gasteiger partial charge in [0.15, 0.2) is 17.6 Å². The zero-order chi connectivity index (χ0) is 13.9. The molecule has 0 aromatic rings. The average Bonchev–Trinajstić information content (AvgIpc) is 2.51. The number of hydrogen-bond donors (Lipinski definition) is 0. The van der Waals surface area contributed by atoms with Gasteiger partial charge in [-0.05, 0) is 13.8 Å². The minimum atomic E-state index is -1.83. The molecule has 0 amide bonds. The molecule has 2 atom stereocenters. The molecule has 18 heavy (non-hydrogen) atoms. The van der Waals surface area contributed by atoms with Crippen molar-refractivity contribution in [3.8, 4) is 0 Å². The first-order valence-corrected chi connectivity index (χ1v) is 5.40. The molecule has 0 spiro atoms. The Morgan fingerprint density at radius 3 is 1.50 bits per heavy atom. The van der Waals surface area contributed by atoms with Crippen molar-refractivity contribution in [2.75, 3.05) is 13.2 Å². The van der Waals surface area contributed by atoms with Crippen LogP contribution in [0.1, 0.15) is 13.8 Å². The van der Waals surface area contributed by atoms with Crippen LogP contribution in [0, 0.1) is 11.8 Å². The van der Waals surface area contributed by atoms with Crippen LogP contribution in [0.5, 0.6) is 0 Å². The fourth-order valence-electron chi connectivity index (χ4n) is 1.61. The number of carbonyl (C=O) groups is 5. The average molecular weight is 256 g/mol. The summed E-state index contributed by atoms with van der Waals surface area (Å²) < 4.78 is 9.04. The van der Waals surface area contributed by atoms with Crippen molar-refractivity contribution in [2.45, 2.75) is 13.8 Å². The Morgan fingerprint density at radius 2 is 1.22 bits per heavy atom. The van der Waals surface area contributed by atoms with Gasteiger partial charge in [-0.15, -0.1) is 0 Å². The summed E-state index contributed by atoms with van der Waals surface area (Å²) in [7, 11) is 0. The van der Waals surface area contributed by atoms with E-state index in [1.54, 1.807) is 0 Å². The molecule has 0 bridgehead atoms. The van der Waals surface area contributed by atoms with Crippen LogP contribution >= 0.6 is 0 Å². The Hall–Kier alpha value is -2.05. The lowest BCUT2D eigenvalue weighted by atomic mass is 10.0. The van der Waals surface area contributed by atoms with Crippen LogP contribution in [0.25, 0.3) is 0 Å². The minimum absolute atomic E-state index is 0.0336. The van der Waals surface area contributed by atoms with Crippen LogP contribution < -0.4 is 0 Å². The SMILES string of the molecule is CCOC(=O)[C@@H]1C(=O)C(=O)[C@@H](C(=O)OCC)C1=O. The van der Waals surface area contributed by atoms with E-state index in [1.807, 2.05) is 0 Å². The first-order chi connectivity index (χ1) is 8.45. The number of ether oxygens (including phenoxy) is 2. The van der Waals surface area contributed by atoms with Gasteiger partial charge in [-0.3, -0.25) is 24.0 Å². The van der Waals surface area contributed by atoms with Crippen molar-refractivity contribution in [1.29, 1.82) is 0 Å². The van der Waals surface area contributed by atoms with Gasteiger partial charge in [0.1, 0.15) is 0 Å². The van der Waals surface area contributed by atoms with Crippen molar-refractivity contribution in [2.24, 2.45) is 11.8 Å². The smallest absolute Gasteiger partial charge is 0.324 e. The second kappa shape index (κ2) is 5.52. The monoisotopic (exact) mass is 256 g/mol. The van der Waals surface area contributed by atoms with E-state index in [2.05, 4.69) is 9.47 Å². The molecule has 0 saturated heterocycles. The first kappa shape index (κ1) is 14.0. The number of rotatable bonds is 4. The summed E-state index contributed by atoms with van der Waals surface area (Å²) in [5.74, 6) is -9.35. The third-order valence-corrected chi connectivity index (χ3v) is 2.38. The molecule has 7 nitrogen and oxygen atoms in total. The largest absolute Gasteiger partial charge is 0.465 e. The fourth-order valence-corrected chi connectivity index (χ4v) is 1.61. The molecule has 0 aromatic heterocycles. The van der Waals surface area contributed by atoms with Gasteiger partial charge in [0, 0.05) is 0 Å². The van der Waals surface area contributed by atoms with Gasteiger partial charge in [0.2, 0.25) is 11.6 Å². The molecular weight excluding hydrogens is 244 g/mol. The normalized spacial score (nSPS) is 23.1. The van der Waals surface area contributed by atoms with Crippen LogP contribution in [-0.2, 0) is 33.4 Å². The zero-order valence-electron chi connectivity index (χ0n) is 9.93. The Bertz CT molecular complexity index is 385. The van der Waals surface area contributed by atoms with E-state index in [4.69, 9.17) is 0 Å². The molecule has 0 aromatic carbocycles. The third kappa shape index (κ3) is 2.29. The van der Waals surface area contributed by atoms with E-state index in [1.165, 1.54) is 13.8 Å². The Labute approximate surface area is 102 Å². The van der Waals surface area contributed by atoms with E-state index < -0.39 is 41.1 Å². The lowest BCUT2D eigenvalue weighted by Gasteiger charge is -2.07. The number of carbonyl (C=O) groups excluding carboxylic acids is 5. The summed E-state index contributed by atoms with van der Waals surface area (Å²) in [6.07, 6.45) is 0. The fraction of sp³-hybridized carbons (Fsp3) is 0.545. The standard InChI is InChI=1S/C11H12O7/c1-3-17-10(15)5-7(12)6(9(14)8(5)13)11(16)18-4-2/h5-6H,3-4H2,1-2H3/t5-,6-/m0/s1. The Morgan fingerprint density at radius 1 is 0.889 bits per heavy atom. The maximum absolute atomic E-state index is 11.7. The van der Waals surface area contributed by atoms with Gasteiger partial charge in [-0.2, -0.15) is 0 Å². The quantitative estimate of drug-likeness (QED) is 0.363. The van der Waals surface area contributed by atoms with Gasteiger partial charge < -0.3 is 9.47 Å². The van der Waals surface area contributed by atoms with Crippen LogP contribution in [-0.4, -0.2) is 42.5 Å². The highest BCUT2D eigenvalue weighted by molar-refractivity contribution is 6.58. The molecule has 1 aliphatic carbocycles. The number of Topliss-reactive ketones (excluding diaryl/α,β-unsaturated/α-hetero) is 3. The Kier molecular flexibility index (Phi) is 4.30. The molecule has 0 unspecified atom stereocenters. The molecular formula is C11H12O7. The first-order valence-electron chi connectivity index (χ1n) is 5.40. The van der Waals surface area contributed by atoms with Gasteiger partial charge in [0.25, 0.3) is 0 Å². The highest BCUT2D eigenvalue weighted by Gasteiger charge is 2.56. The summed E-state index contributed by atoms with van der Waals surface area (Å²) in [5.41, 5.74) is 0. The molecule has 1 rings (SSSR count). The maximum Gasteiger partial charge on any atom is 0.324 e. The van der Waals surface area contributed by atoms with Crippen LogP contribution in [0.15, 0.2) is 0 Å². The summed E-state index contributed by atoms with van der Waals surface area (Å²) >= 11 is 0. The van der Waals surface area contributed by atoms with Crippen molar-refractivity contribution < 1.29 is 33.4 Å². The second-order valence-corrected chi connectivity index (χ2v) is 3.50. The van der Waals surface area contributed by atoms with Crippen molar-refractivity contribution >= 4 is 29.3 Å². The molecule has 1 fully saturated rings. The molecule has 1 saturated carbocycles. The van der Waals surface area contributed by atoms with Gasteiger partial charge in [-0.1, -0.05) is 0 Å². The van der Waals surface area contributed by atoms with Crippen LogP contribution in [0.3, 0.4) is 0 Å². The highest BCUT2D eigenvalue weighted by atomic mass is 16.5. The summed E-state index contributed by atoms with van der Waals surface area (Å²) in [6.45, 7) is 2.92. The van der Waals surface area contributed by atoms with E-state index >= 15 is 0 Å². The molecule has 0 aliphatic heterocycles. The van der Waals surface area contributed by atoms with Gasteiger partial charge >= 0.3 is 11.9 Å². The lowest BCUT2D eigenvalue weighted by Crippen LogP contribution is -2.31. The van der Waals surface area contributed by atoms with Crippen molar-refractivity contribution in [3.05, 3.63) is 0 Å². The van der Waals surface area contributed by atoms with E-state index in [0.717, 1.165) is 0 Å². The van der Waals surface area contributed by atoms with Crippen LogP contribution in [0.4, 0.5) is 0 Å². The molecule has 1 aliphatic rings. The van der Waals surface area contributed by atoms with E-state index in [9.17, 15) is 24.0 Å². The number of ketones is 3. The van der Waals surface area contributed by atoms with E-state index in [0.29, 0.717) is 0 Å². The predicted octanol–water partition coefficient (Wildman–Crippen LogP) is -0.934. The molecule has 7 heteroatoms. The highest BCUT2D eigenvalue weighted by Crippen LogP contribution is 2.23. The number of hydrogen-bond acceptors (Lipinski definition) is 7. The van der Waals surface area contributed by atoms with Crippen LogP contribution in [0.2, 0.25) is 0 Å². The maximum atomic E-state index is 11.7. The molecule has 0 heterocycles. The molecule has 0 N–H and O–H groups in total. The summed E-state index contributed by atoms with van der Waals surface area (Å²) in [5, 5.41) is 0. The summed E-state index contributed by atoms with van der Waals surface area (Å²) in [4.78, 5) is 57.4. The molecule has 98 valence electrons. The Balaban J connectivity index is 2.97. The topological polar surface area (TPSA) is 104 Å². The van der Waals surface area contributed by atoms with E-state index in [-0.39, 0.29) is 13.2 Å².